The highest BCUT2D eigenvalue weighted by Gasteiger charge is 2.24. The molecule has 0 amide bonds. The monoisotopic (exact) mass is 467 g/mol. The molecular weight excluding hydrogens is 446 g/mol. The number of hydrogen-bond acceptors (Lipinski definition) is 8. The van der Waals surface area contributed by atoms with Gasteiger partial charge in [-0.15, -0.1) is 0 Å². The second-order valence-corrected chi connectivity index (χ2v) is 9.16. The Morgan fingerprint density at radius 3 is 2.58 bits per heavy atom. The number of sulfone groups is 1. The fourth-order valence-electron chi connectivity index (χ4n) is 3.61. The van der Waals surface area contributed by atoms with Crippen molar-refractivity contribution < 1.29 is 23.1 Å². The molecule has 3 heterocycles. The van der Waals surface area contributed by atoms with Crippen molar-refractivity contribution in [2.45, 2.75) is 23.3 Å². The number of methoxy groups -OCH3 is 1. The van der Waals surface area contributed by atoms with Crippen molar-refractivity contribution in [2.75, 3.05) is 12.4 Å². The highest BCUT2D eigenvalue weighted by atomic mass is 32.2. The van der Waals surface area contributed by atoms with E-state index in [0.717, 1.165) is 0 Å². The zero-order valence-corrected chi connectivity index (χ0v) is 18.9. The number of benzene rings is 1. The maximum Gasteiger partial charge on any atom is 0.339 e. The lowest BCUT2D eigenvalue weighted by molar-refractivity contribution is 0.0697. The normalized spacial score (nSPS) is 11.5. The summed E-state index contributed by atoms with van der Waals surface area (Å²) < 4.78 is 33.2. The Labute approximate surface area is 189 Å². The van der Waals surface area contributed by atoms with Gasteiger partial charge in [-0.05, 0) is 43.3 Å². The minimum Gasteiger partial charge on any atom is -0.497 e. The summed E-state index contributed by atoms with van der Waals surface area (Å²) in [6, 6.07) is 9.08. The number of fused-ring (bicyclic) bond motifs is 1. The van der Waals surface area contributed by atoms with E-state index in [4.69, 9.17) is 4.74 Å². The standard InChI is InChI=1S/C22H21N5O5S/c1-13-19-20(16(22(28)29)11-25-21(19)27(2)26-13)24-12-17-18(5-4-10-23-17)33(30,31)15-8-6-14(32-3)7-9-15/h4-11H,12H2,1-3H3,(H,24,25)(H,28,29). The largest absolute Gasteiger partial charge is 0.497 e. The molecule has 0 saturated carbocycles. The zero-order chi connectivity index (χ0) is 23.8. The van der Waals surface area contributed by atoms with E-state index in [0.29, 0.717) is 28.2 Å². The molecule has 0 saturated heterocycles. The summed E-state index contributed by atoms with van der Waals surface area (Å²) >= 11 is 0. The number of carbonyl (C=O) groups is 1. The Bertz CT molecular complexity index is 1460. The van der Waals surface area contributed by atoms with Crippen LogP contribution in [0.15, 0.2) is 58.6 Å². The fourth-order valence-corrected chi connectivity index (χ4v) is 5.05. The number of nitrogens with zero attached hydrogens (tertiary/aromatic N) is 4. The molecule has 0 aliphatic carbocycles. The van der Waals surface area contributed by atoms with Crippen molar-refractivity contribution in [3.05, 3.63) is 65.7 Å². The molecule has 0 aliphatic heterocycles. The van der Waals surface area contributed by atoms with Crippen LogP contribution in [0.4, 0.5) is 5.69 Å². The van der Waals surface area contributed by atoms with Crippen molar-refractivity contribution in [1.29, 1.82) is 0 Å². The first-order chi connectivity index (χ1) is 15.7. The van der Waals surface area contributed by atoms with E-state index in [9.17, 15) is 18.3 Å². The molecule has 0 bridgehead atoms. The molecule has 0 aliphatic rings. The van der Waals surface area contributed by atoms with Crippen LogP contribution in [0, 0.1) is 6.92 Å². The summed E-state index contributed by atoms with van der Waals surface area (Å²) in [5, 5.41) is 17.6. The third kappa shape index (κ3) is 3.98. The van der Waals surface area contributed by atoms with E-state index in [2.05, 4.69) is 20.4 Å². The molecule has 33 heavy (non-hydrogen) atoms. The number of pyridine rings is 2. The van der Waals surface area contributed by atoms with Gasteiger partial charge in [0.2, 0.25) is 9.84 Å². The maximum atomic E-state index is 13.3. The average Bonchev–Trinajstić information content (AvgIpc) is 3.11. The van der Waals surface area contributed by atoms with E-state index in [1.807, 2.05) is 0 Å². The van der Waals surface area contributed by atoms with Gasteiger partial charge in [0, 0.05) is 19.4 Å². The molecule has 0 radical (unpaired) electrons. The van der Waals surface area contributed by atoms with Crippen LogP contribution in [0.25, 0.3) is 11.0 Å². The number of ether oxygens (including phenoxy) is 1. The lowest BCUT2D eigenvalue weighted by atomic mass is 10.1. The quantitative estimate of drug-likeness (QED) is 0.420. The van der Waals surface area contributed by atoms with Crippen molar-refractivity contribution in [2.24, 2.45) is 7.05 Å². The smallest absolute Gasteiger partial charge is 0.339 e. The molecule has 1 aromatic carbocycles. The highest BCUT2D eigenvalue weighted by molar-refractivity contribution is 7.91. The van der Waals surface area contributed by atoms with Crippen LogP contribution < -0.4 is 10.1 Å². The van der Waals surface area contributed by atoms with E-state index in [-0.39, 0.29) is 27.6 Å². The molecule has 2 N–H and O–H groups in total. The predicted molar refractivity (Wildman–Crippen MR) is 120 cm³/mol. The van der Waals surface area contributed by atoms with Gasteiger partial charge in [-0.1, -0.05) is 0 Å². The average molecular weight is 468 g/mol. The lowest BCUT2D eigenvalue weighted by Crippen LogP contribution is -2.13. The zero-order valence-electron chi connectivity index (χ0n) is 18.1. The van der Waals surface area contributed by atoms with Crippen LogP contribution in [-0.2, 0) is 23.4 Å². The fraction of sp³-hybridized carbons (Fsp3) is 0.182. The Hall–Kier alpha value is -3.99. The second-order valence-electron chi connectivity index (χ2n) is 7.24. The Morgan fingerprint density at radius 2 is 1.91 bits per heavy atom. The van der Waals surface area contributed by atoms with E-state index < -0.39 is 15.8 Å². The van der Waals surface area contributed by atoms with Crippen molar-refractivity contribution in [3.8, 4) is 5.75 Å². The molecule has 0 atom stereocenters. The molecule has 0 spiro atoms. The molecule has 3 aromatic heterocycles. The minimum absolute atomic E-state index is 0.0211. The highest BCUT2D eigenvalue weighted by Crippen LogP contribution is 2.30. The van der Waals surface area contributed by atoms with Gasteiger partial charge in [-0.25, -0.2) is 18.2 Å². The number of carboxylic acids is 1. The number of aromatic nitrogens is 4. The van der Waals surface area contributed by atoms with Gasteiger partial charge in [-0.2, -0.15) is 5.10 Å². The summed E-state index contributed by atoms with van der Waals surface area (Å²) in [7, 11) is -0.662. The third-order valence-electron chi connectivity index (χ3n) is 5.20. The van der Waals surface area contributed by atoms with Crippen molar-refractivity contribution in [1.82, 2.24) is 19.7 Å². The van der Waals surface area contributed by atoms with Gasteiger partial charge in [0.05, 0.1) is 45.9 Å². The Balaban J connectivity index is 1.75. The topological polar surface area (TPSA) is 136 Å². The van der Waals surface area contributed by atoms with Crippen molar-refractivity contribution in [3.63, 3.8) is 0 Å². The number of nitrogens with one attached hydrogen (secondary N) is 1. The number of carboxylic acid groups (broad SMARTS) is 1. The number of aryl methyl sites for hydroxylation is 2. The summed E-state index contributed by atoms with van der Waals surface area (Å²) in [4.78, 5) is 20.4. The second kappa shape index (κ2) is 8.51. The summed E-state index contributed by atoms with van der Waals surface area (Å²) in [6.45, 7) is 1.72. The molecule has 10 nitrogen and oxygen atoms in total. The van der Waals surface area contributed by atoms with Crippen molar-refractivity contribution >= 4 is 32.5 Å². The maximum absolute atomic E-state index is 13.3. The molecule has 0 unspecified atom stereocenters. The molecule has 170 valence electrons. The lowest BCUT2D eigenvalue weighted by Gasteiger charge is -2.14. The summed E-state index contributed by atoms with van der Waals surface area (Å²) in [5.74, 6) is -0.626. The molecule has 11 heteroatoms. The van der Waals surface area contributed by atoms with Gasteiger partial charge in [0.1, 0.15) is 11.3 Å². The molecule has 0 fully saturated rings. The number of anilines is 1. The molecule has 4 aromatic rings. The predicted octanol–water partition coefficient (Wildman–Crippen LogP) is 2.82. The number of aromatic carboxylic acids is 1. The van der Waals surface area contributed by atoms with Crippen LogP contribution in [0.2, 0.25) is 0 Å². The van der Waals surface area contributed by atoms with Gasteiger partial charge in [-0.3, -0.25) is 9.67 Å². The summed E-state index contributed by atoms with van der Waals surface area (Å²) in [5.41, 5.74) is 1.60. The van der Waals surface area contributed by atoms with E-state index in [1.165, 1.54) is 37.7 Å². The summed E-state index contributed by atoms with van der Waals surface area (Å²) in [6.07, 6.45) is 2.74. The van der Waals surface area contributed by atoms with E-state index in [1.54, 1.807) is 36.9 Å². The molecular formula is C22H21N5O5S. The SMILES string of the molecule is COc1ccc(S(=O)(=O)c2cccnc2CNc2c(C(=O)O)cnc3c2c(C)nn3C)cc1. The van der Waals surface area contributed by atoms with E-state index >= 15 is 0 Å². The Kier molecular flexibility index (Phi) is 5.73. The van der Waals surface area contributed by atoms with Crippen LogP contribution in [0.3, 0.4) is 0 Å². The Morgan fingerprint density at radius 1 is 1.18 bits per heavy atom. The third-order valence-corrected chi connectivity index (χ3v) is 7.04. The first kappa shape index (κ1) is 22.2. The van der Waals surface area contributed by atoms with Crippen LogP contribution in [0.1, 0.15) is 21.7 Å². The first-order valence-corrected chi connectivity index (χ1v) is 11.3. The minimum atomic E-state index is -3.88. The number of rotatable bonds is 7. The van der Waals surface area contributed by atoms with Gasteiger partial charge >= 0.3 is 5.97 Å². The van der Waals surface area contributed by atoms with Crippen LogP contribution in [0.5, 0.6) is 5.75 Å². The first-order valence-electron chi connectivity index (χ1n) is 9.86. The van der Waals surface area contributed by atoms with Crippen LogP contribution in [-0.4, -0.2) is 46.4 Å². The number of hydrogen-bond donors (Lipinski definition) is 2. The molecule has 4 rings (SSSR count). The van der Waals surface area contributed by atoms with Crippen LogP contribution >= 0.6 is 0 Å². The van der Waals surface area contributed by atoms with Gasteiger partial charge < -0.3 is 15.2 Å². The van der Waals surface area contributed by atoms with Gasteiger partial charge in [0.15, 0.2) is 5.65 Å². The van der Waals surface area contributed by atoms with Gasteiger partial charge in [0.25, 0.3) is 0 Å².